The zero-order valence-corrected chi connectivity index (χ0v) is 11.2. The molecule has 0 saturated heterocycles. The van der Waals surface area contributed by atoms with Gasteiger partial charge < -0.3 is 9.73 Å². The first-order valence-electron chi connectivity index (χ1n) is 6.63. The minimum atomic E-state index is 0.231. The monoisotopic (exact) mass is 243 g/mol. The first-order chi connectivity index (χ1) is 8.74. The second-order valence-electron chi connectivity index (χ2n) is 4.60. The van der Waals surface area contributed by atoms with Crippen molar-refractivity contribution in [2.45, 2.75) is 32.7 Å². The van der Waals surface area contributed by atoms with Crippen LogP contribution in [0.1, 0.15) is 38.5 Å². The molecule has 0 spiro atoms. The van der Waals surface area contributed by atoms with E-state index in [0.29, 0.717) is 0 Å². The molecule has 0 fully saturated rings. The molecule has 2 heteroatoms. The zero-order chi connectivity index (χ0) is 13.0. The van der Waals surface area contributed by atoms with Gasteiger partial charge in [0.2, 0.25) is 0 Å². The number of nitrogens with one attached hydrogen (secondary N) is 1. The van der Waals surface area contributed by atoms with Crippen molar-refractivity contribution in [3.63, 3.8) is 0 Å². The molecule has 1 unspecified atom stereocenters. The summed E-state index contributed by atoms with van der Waals surface area (Å²) in [5.74, 6) is 1.01. The number of rotatable bonds is 6. The predicted molar refractivity (Wildman–Crippen MR) is 76.7 cm³/mol. The Labute approximate surface area is 109 Å². The van der Waals surface area contributed by atoms with E-state index < -0.39 is 0 Å². The van der Waals surface area contributed by atoms with Crippen LogP contribution in [0.2, 0.25) is 0 Å². The molecule has 0 radical (unpaired) electrons. The van der Waals surface area contributed by atoms with Crippen molar-refractivity contribution in [1.29, 1.82) is 0 Å². The molecule has 1 heterocycles. The highest BCUT2D eigenvalue weighted by atomic mass is 16.3. The number of fused-ring (bicyclic) bond motifs is 1. The number of hydrogen-bond acceptors (Lipinski definition) is 2. The number of furan rings is 1. The summed E-state index contributed by atoms with van der Waals surface area (Å²) in [5, 5.41) is 4.63. The van der Waals surface area contributed by atoms with E-state index in [4.69, 9.17) is 4.42 Å². The smallest absolute Gasteiger partial charge is 0.134 e. The molecule has 0 aliphatic heterocycles. The van der Waals surface area contributed by atoms with Crippen molar-refractivity contribution in [3.8, 4) is 0 Å². The number of para-hydroxylation sites is 1. The van der Waals surface area contributed by atoms with E-state index in [1.165, 1.54) is 5.57 Å². The van der Waals surface area contributed by atoms with E-state index in [0.717, 1.165) is 36.1 Å². The summed E-state index contributed by atoms with van der Waals surface area (Å²) in [6, 6.07) is 10.5. The molecular formula is C16H21NO. The molecule has 0 amide bonds. The first kappa shape index (κ1) is 12.9. The summed E-state index contributed by atoms with van der Waals surface area (Å²) in [6.07, 6.45) is 1.95. The standard InChI is InChI=1S/C16H21NO/c1-4-12(3)10-14(17-5-2)16-11-13-8-6-7-9-15(13)18-16/h6-9,11,14,17H,3-5,10H2,1-2H3. The molecule has 2 aromatic rings. The Bertz CT molecular complexity index is 494. The largest absolute Gasteiger partial charge is 0.459 e. The third-order valence-electron chi connectivity index (χ3n) is 3.23. The summed E-state index contributed by atoms with van der Waals surface area (Å²) in [7, 11) is 0. The third-order valence-corrected chi connectivity index (χ3v) is 3.23. The van der Waals surface area contributed by atoms with Crippen LogP contribution < -0.4 is 5.32 Å². The van der Waals surface area contributed by atoms with Crippen LogP contribution in [0.5, 0.6) is 0 Å². The highest BCUT2D eigenvalue weighted by molar-refractivity contribution is 5.77. The maximum absolute atomic E-state index is 5.92. The number of benzene rings is 1. The summed E-state index contributed by atoms with van der Waals surface area (Å²) in [4.78, 5) is 0. The fraction of sp³-hybridized carbons (Fsp3) is 0.375. The minimum Gasteiger partial charge on any atom is -0.459 e. The SMILES string of the molecule is C=C(CC)CC(NCC)c1cc2ccccc2o1. The van der Waals surface area contributed by atoms with Crippen LogP contribution in [0.3, 0.4) is 0 Å². The number of hydrogen-bond donors (Lipinski definition) is 1. The zero-order valence-electron chi connectivity index (χ0n) is 11.2. The molecule has 2 rings (SSSR count). The third kappa shape index (κ3) is 2.82. The summed E-state index contributed by atoms with van der Waals surface area (Å²) in [6.45, 7) is 9.28. The van der Waals surface area contributed by atoms with E-state index in [1.807, 2.05) is 18.2 Å². The van der Waals surface area contributed by atoms with Gasteiger partial charge >= 0.3 is 0 Å². The fourth-order valence-electron chi connectivity index (χ4n) is 2.13. The Morgan fingerprint density at radius 2 is 2.11 bits per heavy atom. The molecule has 0 aliphatic carbocycles. The van der Waals surface area contributed by atoms with E-state index >= 15 is 0 Å². The average Bonchev–Trinajstić information content (AvgIpc) is 2.81. The molecule has 96 valence electrons. The molecule has 1 aromatic carbocycles. The molecule has 0 saturated carbocycles. The van der Waals surface area contributed by atoms with Gasteiger partial charge in [0.25, 0.3) is 0 Å². The lowest BCUT2D eigenvalue weighted by atomic mass is 10.0. The molecule has 2 nitrogen and oxygen atoms in total. The van der Waals surface area contributed by atoms with Crippen LogP contribution in [-0.4, -0.2) is 6.54 Å². The highest BCUT2D eigenvalue weighted by Gasteiger charge is 2.15. The Hall–Kier alpha value is -1.54. The van der Waals surface area contributed by atoms with Crippen molar-refractivity contribution in [3.05, 3.63) is 48.2 Å². The Kier molecular flexibility index (Phi) is 4.21. The Morgan fingerprint density at radius 3 is 2.78 bits per heavy atom. The molecule has 1 aromatic heterocycles. The van der Waals surface area contributed by atoms with Gasteiger partial charge in [-0.05, 0) is 31.5 Å². The van der Waals surface area contributed by atoms with Gasteiger partial charge in [0.15, 0.2) is 0 Å². The average molecular weight is 243 g/mol. The van der Waals surface area contributed by atoms with E-state index in [-0.39, 0.29) is 6.04 Å². The van der Waals surface area contributed by atoms with Crippen molar-refractivity contribution >= 4 is 11.0 Å². The summed E-state index contributed by atoms with van der Waals surface area (Å²) >= 11 is 0. The van der Waals surface area contributed by atoms with Gasteiger partial charge in [-0.3, -0.25) is 0 Å². The van der Waals surface area contributed by atoms with Crippen molar-refractivity contribution in [1.82, 2.24) is 5.32 Å². The van der Waals surface area contributed by atoms with E-state index in [1.54, 1.807) is 0 Å². The maximum Gasteiger partial charge on any atom is 0.134 e. The second-order valence-corrected chi connectivity index (χ2v) is 4.60. The van der Waals surface area contributed by atoms with Crippen LogP contribution in [0.4, 0.5) is 0 Å². The summed E-state index contributed by atoms with van der Waals surface area (Å²) < 4.78 is 5.92. The quantitative estimate of drug-likeness (QED) is 0.759. The second kappa shape index (κ2) is 5.87. The fourth-order valence-corrected chi connectivity index (χ4v) is 2.13. The maximum atomic E-state index is 5.92. The van der Waals surface area contributed by atoms with Crippen LogP contribution in [0.25, 0.3) is 11.0 Å². The lowest BCUT2D eigenvalue weighted by Gasteiger charge is -2.16. The topological polar surface area (TPSA) is 25.2 Å². The first-order valence-corrected chi connectivity index (χ1v) is 6.63. The molecule has 1 N–H and O–H groups in total. The van der Waals surface area contributed by atoms with Crippen LogP contribution in [-0.2, 0) is 0 Å². The van der Waals surface area contributed by atoms with Gasteiger partial charge in [-0.25, -0.2) is 0 Å². The van der Waals surface area contributed by atoms with Gasteiger partial charge in [-0.1, -0.05) is 44.2 Å². The van der Waals surface area contributed by atoms with Crippen LogP contribution in [0, 0.1) is 0 Å². The highest BCUT2D eigenvalue weighted by Crippen LogP contribution is 2.27. The van der Waals surface area contributed by atoms with Crippen molar-refractivity contribution < 1.29 is 4.42 Å². The van der Waals surface area contributed by atoms with Gasteiger partial charge in [0, 0.05) is 5.39 Å². The lowest BCUT2D eigenvalue weighted by Crippen LogP contribution is -2.20. The van der Waals surface area contributed by atoms with Gasteiger partial charge in [0.05, 0.1) is 6.04 Å². The molecule has 0 aliphatic rings. The molecule has 0 bridgehead atoms. The Balaban J connectivity index is 2.26. The van der Waals surface area contributed by atoms with E-state index in [2.05, 4.69) is 37.9 Å². The van der Waals surface area contributed by atoms with Gasteiger partial charge in [-0.2, -0.15) is 0 Å². The molecular weight excluding hydrogens is 222 g/mol. The molecule has 1 atom stereocenters. The van der Waals surface area contributed by atoms with Gasteiger partial charge in [0.1, 0.15) is 11.3 Å². The molecule has 18 heavy (non-hydrogen) atoms. The van der Waals surface area contributed by atoms with E-state index in [9.17, 15) is 0 Å². The Morgan fingerprint density at radius 1 is 1.33 bits per heavy atom. The lowest BCUT2D eigenvalue weighted by molar-refractivity contribution is 0.432. The van der Waals surface area contributed by atoms with Crippen LogP contribution in [0.15, 0.2) is 46.9 Å². The normalized spacial score (nSPS) is 12.8. The van der Waals surface area contributed by atoms with Crippen LogP contribution >= 0.6 is 0 Å². The predicted octanol–water partition coefficient (Wildman–Crippen LogP) is 4.44. The minimum absolute atomic E-state index is 0.231. The summed E-state index contributed by atoms with van der Waals surface area (Å²) in [5.41, 5.74) is 2.21. The van der Waals surface area contributed by atoms with Crippen molar-refractivity contribution in [2.75, 3.05) is 6.54 Å². The van der Waals surface area contributed by atoms with Crippen molar-refractivity contribution in [2.24, 2.45) is 0 Å². The van der Waals surface area contributed by atoms with Gasteiger partial charge in [-0.15, -0.1) is 0 Å².